The largest absolute Gasteiger partial charge is 0.287 e. The van der Waals surface area contributed by atoms with E-state index in [2.05, 4.69) is 5.10 Å². The number of carbonyl (C=O) groups is 1. The summed E-state index contributed by atoms with van der Waals surface area (Å²) >= 11 is 1.10. The van der Waals surface area contributed by atoms with Crippen molar-refractivity contribution in [3.63, 3.8) is 0 Å². The number of carbonyl (C=O) groups excluding carboxylic acids is 1. The molecule has 0 spiro atoms. The van der Waals surface area contributed by atoms with E-state index in [1.165, 1.54) is 6.92 Å². The van der Waals surface area contributed by atoms with Gasteiger partial charge in [0.1, 0.15) is 0 Å². The Balaban J connectivity index is 3.56. The van der Waals surface area contributed by atoms with Gasteiger partial charge in [0.25, 0.3) is 0 Å². The first-order valence-corrected chi connectivity index (χ1v) is 2.97. The Bertz CT molecular complexity index is 121. The van der Waals surface area contributed by atoms with Crippen LogP contribution in [0.4, 0.5) is 0 Å². The summed E-state index contributed by atoms with van der Waals surface area (Å²) in [6.07, 6.45) is 0. The molecule has 0 aliphatic carbocycles. The first-order valence-electron chi connectivity index (χ1n) is 2.15. The average Bonchev–Trinajstić information content (AvgIpc) is 1.65. The summed E-state index contributed by atoms with van der Waals surface area (Å²) < 4.78 is 0. The lowest BCUT2D eigenvalue weighted by atomic mass is 10.9. The molecule has 0 rings (SSSR count). The number of hydrazine groups is 1. The van der Waals surface area contributed by atoms with Gasteiger partial charge in [-0.25, -0.2) is 5.84 Å². The summed E-state index contributed by atoms with van der Waals surface area (Å²) in [5.74, 6) is 4.96. The van der Waals surface area contributed by atoms with Gasteiger partial charge in [-0.1, -0.05) is 0 Å². The molecule has 0 aliphatic heterocycles. The van der Waals surface area contributed by atoms with E-state index in [9.17, 15) is 4.79 Å². The molecule has 8 heavy (non-hydrogen) atoms. The Labute approximate surface area is 52.3 Å². The summed E-state index contributed by atoms with van der Waals surface area (Å²) in [5.41, 5.74) is 0. The minimum atomic E-state index is 0.0421. The molecule has 0 saturated carbocycles. The molecule has 0 aliphatic rings. The number of rotatable bonds is 0. The second-order valence-corrected chi connectivity index (χ2v) is 2.69. The van der Waals surface area contributed by atoms with Crippen LogP contribution in [-0.2, 0) is 4.79 Å². The molecule has 4 heteroatoms. The molecule has 3 N–H and O–H groups in total. The van der Waals surface area contributed by atoms with E-state index < -0.39 is 0 Å². The lowest BCUT2D eigenvalue weighted by molar-refractivity contribution is -0.466. The second kappa shape index (κ2) is 3.49. The second-order valence-electron chi connectivity index (χ2n) is 1.29. The molecular weight excluding hydrogens is 124 g/mol. The molecule has 0 saturated heterocycles. The Morgan fingerprint density at radius 1 is 1.62 bits per heavy atom. The van der Waals surface area contributed by atoms with Gasteiger partial charge in [0.2, 0.25) is 5.04 Å². The Hall–Kier alpha value is -0.510. The monoisotopic (exact) mass is 133 g/mol. The van der Waals surface area contributed by atoms with Crippen LogP contribution in [0, 0.1) is 0 Å². The maximum Gasteiger partial charge on any atom is 0.241 e. The van der Waals surface area contributed by atoms with E-state index in [1.54, 1.807) is 6.92 Å². The minimum Gasteiger partial charge on any atom is -0.287 e. The molecule has 0 fully saturated rings. The zero-order valence-corrected chi connectivity index (χ0v) is 5.71. The highest BCUT2D eigenvalue weighted by Crippen LogP contribution is 1.97. The molecule has 0 amide bonds. The summed E-state index contributed by atoms with van der Waals surface area (Å²) in [5, 5.41) is 3.12. The first-order chi connectivity index (χ1) is 3.66. The van der Waals surface area contributed by atoms with Gasteiger partial charge in [0, 0.05) is 25.6 Å². The van der Waals surface area contributed by atoms with Crippen LogP contribution in [0.2, 0.25) is 0 Å². The molecule has 46 valence electrons. The van der Waals surface area contributed by atoms with Crippen LogP contribution >= 0.6 is 11.8 Å². The summed E-state index contributed by atoms with van der Waals surface area (Å²) in [6.45, 7) is 3.23. The standard InChI is InChI=1S/C4H8N2OS/c1-3(6-5)8-4(2)7/h5H2,1-2H3/p+1. The van der Waals surface area contributed by atoms with E-state index in [-0.39, 0.29) is 5.12 Å². The number of hydrogen-bond acceptors (Lipinski definition) is 3. The predicted octanol–water partition coefficient (Wildman–Crippen LogP) is -1.36. The summed E-state index contributed by atoms with van der Waals surface area (Å²) in [6, 6.07) is 0. The third kappa shape index (κ3) is 3.67. The van der Waals surface area contributed by atoms with Crippen molar-refractivity contribution in [2.75, 3.05) is 0 Å². The van der Waals surface area contributed by atoms with Gasteiger partial charge < -0.3 is 0 Å². The fourth-order valence-corrected chi connectivity index (χ4v) is 0.735. The van der Waals surface area contributed by atoms with Crippen LogP contribution < -0.4 is 10.9 Å². The van der Waals surface area contributed by atoms with Gasteiger partial charge in [0.15, 0.2) is 5.12 Å². The van der Waals surface area contributed by atoms with Crippen LogP contribution in [0.25, 0.3) is 0 Å². The van der Waals surface area contributed by atoms with Crippen LogP contribution in [0.15, 0.2) is 0 Å². The lowest BCUT2D eigenvalue weighted by Gasteiger charge is -1.82. The molecule has 0 aromatic carbocycles. The highest BCUT2D eigenvalue weighted by atomic mass is 32.2. The van der Waals surface area contributed by atoms with Gasteiger partial charge in [-0.05, 0) is 0 Å². The van der Waals surface area contributed by atoms with Crippen molar-refractivity contribution >= 4 is 21.9 Å². The zero-order chi connectivity index (χ0) is 6.57. The number of nitrogens with one attached hydrogen (secondary N) is 1. The molecule has 0 aromatic heterocycles. The molecule has 0 heterocycles. The molecule has 0 unspecified atom stereocenters. The SMILES string of the molecule is CC(=O)SC(C)=[NH+]N. The van der Waals surface area contributed by atoms with E-state index in [0.717, 1.165) is 16.8 Å². The highest BCUT2D eigenvalue weighted by Gasteiger charge is 2.00. The quantitative estimate of drug-likeness (QED) is 0.186. The Kier molecular flexibility index (Phi) is 3.26. The average molecular weight is 133 g/mol. The fourth-order valence-electron chi connectivity index (χ4n) is 0.245. The van der Waals surface area contributed by atoms with Crippen LogP contribution in [0.3, 0.4) is 0 Å². The number of hydrogen-bond donors (Lipinski definition) is 2. The first kappa shape index (κ1) is 7.49. The zero-order valence-electron chi connectivity index (χ0n) is 4.89. The number of hydrazone groups is 1. The molecule has 0 atom stereocenters. The van der Waals surface area contributed by atoms with Crippen LogP contribution in [-0.4, -0.2) is 10.2 Å². The van der Waals surface area contributed by atoms with Crippen molar-refractivity contribution in [2.45, 2.75) is 13.8 Å². The van der Waals surface area contributed by atoms with Gasteiger partial charge in [-0.3, -0.25) is 4.79 Å². The maximum atomic E-state index is 10.3. The van der Waals surface area contributed by atoms with Crippen LogP contribution in [0.5, 0.6) is 0 Å². The van der Waals surface area contributed by atoms with E-state index >= 15 is 0 Å². The highest BCUT2D eigenvalue weighted by molar-refractivity contribution is 8.26. The molecule has 0 aromatic rings. The molecule has 3 nitrogen and oxygen atoms in total. The smallest absolute Gasteiger partial charge is 0.241 e. The molecule has 0 radical (unpaired) electrons. The van der Waals surface area contributed by atoms with Crippen molar-refractivity contribution in [2.24, 2.45) is 5.84 Å². The molecular formula is C4H9N2OS+. The van der Waals surface area contributed by atoms with E-state index in [4.69, 9.17) is 5.84 Å². The number of nitrogens with two attached hydrogens (primary N) is 1. The topological polar surface area (TPSA) is 57.1 Å². The Morgan fingerprint density at radius 3 is 2.25 bits per heavy atom. The number of thioether (sulfide) groups is 1. The third-order valence-electron chi connectivity index (χ3n) is 0.500. The van der Waals surface area contributed by atoms with Gasteiger partial charge >= 0.3 is 0 Å². The lowest BCUT2D eigenvalue weighted by Crippen LogP contribution is -2.79. The van der Waals surface area contributed by atoms with Gasteiger partial charge in [-0.2, -0.15) is 0 Å². The van der Waals surface area contributed by atoms with Gasteiger partial charge in [-0.15, -0.1) is 5.10 Å². The van der Waals surface area contributed by atoms with Crippen molar-refractivity contribution in [1.29, 1.82) is 0 Å². The van der Waals surface area contributed by atoms with Crippen molar-refractivity contribution < 1.29 is 9.90 Å². The van der Waals surface area contributed by atoms with Crippen molar-refractivity contribution in [1.82, 2.24) is 0 Å². The van der Waals surface area contributed by atoms with Crippen molar-refractivity contribution in [3.8, 4) is 0 Å². The summed E-state index contributed by atoms with van der Waals surface area (Å²) in [4.78, 5) is 10.3. The Morgan fingerprint density at radius 2 is 2.12 bits per heavy atom. The summed E-state index contributed by atoms with van der Waals surface area (Å²) in [7, 11) is 0. The van der Waals surface area contributed by atoms with Crippen molar-refractivity contribution in [3.05, 3.63) is 0 Å². The van der Waals surface area contributed by atoms with E-state index in [0.29, 0.717) is 0 Å². The molecule has 0 bridgehead atoms. The minimum absolute atomic E-state index is 0.0421. The van der Waals surface area contributed by atoms with Crippen LogP contribution in [0.1, 0.15) is 13.8 Å². The normalized spacial score (nSPS) is 11.5. The van der Waals surface area contributed by atoms with E-state index in [1.807, 2.05) is 0 Å². The van der Waals surface area contributed by atoms with Gasteiger partial charge in [0.05, 0.1) is 0 Å². The predicted molar refractivity (Wildman–Crippen MR) is 34.1 cm³/mol. The maximum absolute atomic E-state index is 10.3. The fraction of sp³-hybridized carbons (Fsp3) is 0.500. The third-order valence-corrected chi connectivity index (χ3v) is 1.21.